The summed E-state index contributed by atoms with van der Waals surface area (Å²) in [4.78, 5) is 0. The molecule has 2 aliphatic carbocycles. The van der Waals surface area contributed by atoms with E-state index in [0.717, 1.165) is 23.7 Å². The third-order valence-electron chi connectivity index (χ3n) is 4.41. The van der Waals surface area contributed by atoms with Crippen LogP contribution in [0.4, 0.5) is 4.39 Å². The summed E-state index contributed by atoms with van der Waals surface area (Å²) in [7, 11) is 0. The molecule has 2 nitrogen and oxygen atoms in total. The number of hydrogen-bond donors (Lipinski definition) is 1. The third kappa shape index (κ3) is 2.12. The summed E-state index contributed by atoms with van der Waals surface area (Å²) >= 11 is 0. The van der Waals surface area contributed by atoms with E-state index in [9.17, 15) is 4.39 Å². The Labute approximate surface area is 107 Å². The minimum atomic E-state index is -0.248. The van der Waals surface area contributed by atoms with Crippen molar-refractivity contribution in [3.63, 3.8) is 0 Å². The van der Waals surface area contributed by atoms with Gasteiger partial charge in [-0.25, -0.2) is 4.39 Å². The van der Waals surface area contributed by atoms with E-state index in [4.69, 9.17) is 10.5 Å². The zero-order valence-corrected chi connectivity index (χ0v) is 10.7. The molecule has 0 heterocycles. The zero-order valence-electron chi connectivity index (χ0n) is 10.7. The van der Waals surface area contributed by atoms with Crippen LogP contribution in [0.3, 0.4) is 0 Å². The molecule has 3 unspecified atom stereocenters. The molecule has 1 aromatic rings. The molecule has 4 atom stereocenters. The lowest BCUT2D eigenvalue weighted by Gasteiger charge is -2.25. The van der Waals surface area contributed by atoms with Crippen molar-refractivity contribution in [1.82, 2.24) is 0 Å². The standard InChI is InChI=1S/C15H20FNO/c1-9(17)13-8-12(16)4-5-14(13)18-15-7-10-2-3-11(15)6-10/h4-5,8-11,15H,2-3,6-7,17H2,1H3/t9-,10?,11?,15?/m0/s1. The van der Waals surface area contributed by atoms with Gasteiger partial charge in [0.25, 0.3) is 0 Å². The van der Waals surface area contributed by atoms with Crippen LogP contribution in [-0.2, 0) is 0 Å². The summed E-state index contributed by atoms with van der Waals surface area (Å²) in [5.74, 6) is 2.06. The molecule has 3 rings (SSSR count). The Hall–Kier alpha value is -1.09. The van der Waals surface area contributed by atoms with Crippen LogP contribution in [0.2, 0.25) is 0 Å². The number of rotatable bonds is 3. The highest BCUT2D eigenvalue weighted by Crippen LogP contribution is 2.46. The van der Waals surface area contributed by atoms with Crippen molar-refractivity contribution in [3.8, 4) is 5.75 Å². The largest absolute Gasteiger partial charge is 0.490 e. The molecule has 98 valence electrons. The van der Waals surface area contributed by atoms with Gasteiger partial charge in [-0.05, 0) is 62.6 Å². The Balaban J connectivity index is 1.80. The molecule has 0 spiro atoms. The lowest BCUT2D eigenvalue weighted by molar-refractivity contribution is 0.136. The van der Waals surface area contributed by atoms with E-state index in [1.165, 1.54) is 31.4 Å². The third-order valence-corrected chi connectivity index (χ3v) is 4.41. The van der Waals surface area contributed by atoms with Gasteiger partial charge in [0.05, 0.1) is 0 Å². The van der Waals surface area contributed by atoms with E-state index in [0.29, 0.717) is 12.0 Å². The van der Waals surface area contributed by atoms with Gasteiger partial charge in [-0.2, -0.15) is 0 Å². The molecule has 0 aromatic heterocycles. The van der Waals surface area contributed by atoms with E-state index < -0.39 is 0 Å². The van der Waals surface area contributed by atoms with Crippen LogP contribution < -0.4 is 10.5 Å². The average Bonchev–Trinajstić information content (AvgIpc) is 2.93. The fourth-order valence-electron chi connectivity index (χ4n) is 3.48. The first kappa shape index (κ1) is 12.0. The molecular weight excluding hydrogens is 229 g/mol. The van der Waals surface area contributed by atoms with Gasteiger partial charge in [0.15, 0.2) is 0 Å². The van der Waals surface area contributed by atoms with Crippen molar-refractivity contribution in [2.75, 3.05) is 0 Å². The van der Waals surface area contributed by atoms with Gasteiger partial charge in [0.1, 0.15) is 17.7 Å². The number of ether oxygens (including phenoxy) is 1. The van der Waals surface area contributed by atoms with E-state index >= 15 is 0 Å². The normalized spacial score (nSPS) is 31.6. The van der Waals surface area contributed by atoms with Crippen LogP contribution in [0.15, 0.2) is 18.2 Å². The summed E-state index contributed by atoms with van der Waals surface area (Å²) in [5, 5.41) is 0. The van der Waals surface area contributed by atoms with Crippen molar-refractivity contribution in [1.29, 1.82) is 0 Å². The lowest BCUT2D eigenvalue weighted by Crippen LogP contribution is -2.24. The highest BCUT2D eigenvalue weighted by atomic mass is 19.1. The van der Waals surface area contributed by atoms with Gasteiger partial charge in [-0.3, -0.25) is 0 Å². The van der Waals surface area contributed by atoms with Gasteiger partial charge in [-0.1, -0.05) is 0 Å². The summed E-state index contributed by atoms with van der Waals surface area (Å²) in [6.07, 6.45) is 5.41. The Morgan fingerprint density at radius 2 is 2.17 bits per heavy atom. The first-order chi connectivity index (χ1) is 8.63. The maximum absolute atomic E-state index is 13.3. The summed E-state index contributed by atoms with van der Waals surface area (Å²) in [5.41, 5.74) is 6.66. The van der Waals surface area contributed by atoms with Crippen molar-refractivity contribution in [2.24, 2.45) is 17.6 Å². The van der Waals surface area contributed by atoms with E-state index in [1.807, 2.05) is 6.92 Å². The summed E-state index contributed by atoms with van der Waals surface area (Å²) in [6.45, 7) is 1.86. The molecule has 2 saturated carbocycles. The van der Waals surface area contributed by atoms with Crippen LogP contribution in [-0.4, -0.2) is 6.10 Å². The summed E-state index contributed by atoms with van der Waals surface area (Å²) in [6, 6.07) is 4.47. The molecule has 0 saturated heterocycles. The molecule has 2 fully saturated rings. The van der Waals surface area contributed by atoms with E-state index in [1.54, 1.807) is 6.07 Å². The Morgan fingerprint density at radius 1 is 1.33 bits per heavy atom. The molecule has 1 aromatic carbocycles. The van der Waals surface area contributed by atoms with Gasteiger partial charge in [-0.15, -0.1) is 0 Å². The smallest absolute Gasteiger partial charge is 0.124 e. The first-order valence-electron chi connectivity index (χ1n) is 6.85. The Bertz CT molecular complexity index is 446. The van der Waals surface area contributed by atoms with Crippen molar-refractivity contribution in [2.45, 2.75) is 44.8 Å². The molecule has 2 N–H and O–H groups in total. The fourth-order valence-corrected chi connectivity index (χ4v) is 3.48. The maximum Gasteiger partial charge on any atom is 0.124 e. The van der Waals surface area contributed by atoms with E-state index in [-0.39, 0.29) is 11.9 Å². The number of benzene rings is 1. The highest BCUT2D eigenvalue weighted by Gasteiger charge is 2.41. The number of nitrogens with two attached hydrogens (primary N) is 1. The second kappa shape index (κ2) is 4.54. The van der Waals surface area contributed by atoms with E-state index in [2.05, 4.69) is 0 Å². The predicted molar refractivity (Wildman–Crippen MR) is 68.9 cm³/mol. The molecule has 3 heteroatoms. The highest BCUT2D eigenvalue weighted by molar-refractivity contribution is 5.36. The number of hydrogen-bond acceptors (Lipinski definition) is 2. The maximum atomic E-state index is 13.3. The van der Waals surface area contributed by atoms with Gasteiger partial charge < -0.3 is 10.5 Å². The summed E-state index contributed by atoms with van der Waals surface area (Å²) < 4.78 is 19.4. The second-order valence-corrected chi connectivity index (χ2v) is 5.80. The molecule has 0 aliphatic heterocycles. The van der Waals surface area contributed by atoms with Crippen LogP contribution >= 0.6 is 0 Å². The molecular formula is C15H20FNO. The van der Waals surface area contributed by atoms with Crippen molar-refractivity contribution in [3.05, 3.63) is 29.6 Å². The van der Waals surface area contributed by atoms with Crippen LogP contribution in [0.5, 0.6) is 5.75 Å². The quantitative estimate of drug-likeness (QED) is 0.891. The fraction of sp³-hybridized carbons (Fsp3) is 0.600. The Kier molecular flexibility index (Phi) is 3.02. The average molecular weight is 249 g/mol. The number of halogens is 1. The van der Waals surface area contributed by atoms with Gasteiger partial charge in [0, 0.05) is 11.6 Å². The van der Waals surface area contributed by atoms with Gasteiger partial charge in [0.2, 0.25) is 0 Å². The minimum absolute atomic E-state index is 0.200. The van der Waals surface area contributed by atoms with Crippen LogP contribution in [0.1, 0.15) is 44.2 Å². The molecule has 0 amide bonds. The molecule has 0 radical (unpaired) electrons. The first-order valence-corrected chi connectivity index (χ1v) is 6.85. The molecule has 2 aliphatic rings. The van der Waals surface area contributed by atoms with Crippen molar-refractivity contribution < 1.29 is 9.13 Å². The lowest BCUT2D eigenvalue weighted by atomic mass is 9.97. The molecule has 18 heavy (non-hydrogen) atoms. The minimum Gasteiger partial charge on any atom is -0.490 e. The number of fused-ring (bicyclic) bond motifs is 2. The Morgan fingerprint density at radius 3 is 2.78 bits per heavy atom. The van der Waals surface area contributed by atoms with Crippen LogP contribution in [0, 0.1) is 17.7 Å². The van der Waals surface area contributed by atoms with Gasteiger partial charge >= 0.3 is 0 Å². The second-order valence-electron chi connectivity index (χ2n) is 5.80. The van der Waals surface area contributed by atoms with Crippen molar-refractivity contribution >= 4 is 0 Å². The monoisotopic (exact) mass is 249 g/mol. The van der Waals surface area contributed by atoms with Crippen LogP contribution in [0.25, 0.3) is 0 Å². The SMILES string of the molecule is C[C@H](N)c1cc(F)ccc1OC1CC2CCC1C2. The predicted octanol–water partition coefficient (Wildman–Crippen LogP) is 3.41. The zero-order chi connectivity index (χ0) is 12.7. The molecule has 2 bridgehead atoms. The topological polar surface area (TPSA) is 35.2 Å².